The van der Waals surface area contributed by atoms with Crippen LogP contribution in [0.25, 0.3) is 11.1 Å². The maximum atomic E-state index is 4.35. The summed E-state index contributed by atoms with van der Waals surface area (Å²) in [6, 6.07) is 25.3. The van der Waals surface area contributed by atoms with E-state index in [2.05, 4.69) is 89.4 Å². The molecule has 3 heteroatoms. The van der Waals surface area contributed by atoms with Crippen LogP contribution in [0, 0.1) is 6.92 Å². The minimum absolute atomic E-state index is 0.102. The monoisotopic (exact) mass is 365 g/mol. The van der Waals surface area contributed by atoms with Gasteiger partial charge in [-0.25, -0.2) is 0 Å². The Balaban J connectivity index is 1.88. The summed E-state index contributed by atoms with van der Waals surface area (Å²) in [7, 11) is 0. The van der Waals surface area contributed by atoms with Crippen LogP contribution in [-0.2, 0) is 0 Å². The normalized spacial score (nSPS) is 11.8. The van der Waals surface area contributed by atoms with Gasteiger partial charge in [0, 0.05) is 12.4 Å². The average molecular weight is 365 g/mol. The van der Waals surface area contributed by atoms with E-state index >= 15 is 0 Å². The van der Waals surface area contributed by atoms with Gasteiger partial charge in [-0.3, -0.25) is 9.97 Å². The second kappa shape index (κ2) is 8.05. The van der Waals surface area contributed by atoms with Crippen molar-refractivity contribution in [3.63, 3.8) is 0 Å². The van der Waals surface area contributed by atoms with E-state index in [0.29, 0.717) is 0 Å². The molecule has 1 atom stereocenters. The highest BCUT2D eigenvalue weighted by Crippen LogP contribution is 2.39. The SMILES string of the molecule is Cc1cccc(-c2ccccc2)c1C(C)N(c1cccnc1)c1cccnc1. The minimum atomic E-state index is 0.102. The van der Waals surface area contributed by atoms with Gasteiger partial charge in [0.2, 0.25) is 0 Å². The molecule has 0 aliphatic rings. The molecule has 4 rings (SSSR count). The highest BCUT2D eigenvalue weighted by atomic mass is 15.2. The molecule has 2 aromatic heterocycles. The standard InChI is InChI=1S/C25H23N3/c1-19-9-6-14-24(21-10-4-3-5-11-21)25(19)20(2)28(22-12-7-15-26-17-22)23-13-8-16-27-18-23/h3-18,20H,1-2H3. The molecule has 0 fully saturated rings. The van der Waals surface area contributed by atoms with Gasteiger partial charge in [0.25, 0.3) is 0 Å². The van der Waals surface area contributed by atoms with Crippen molar-refractivity contribution in [3.05, 3.63) is 109 Å². The first-order chi connectivity index (χ1) is 13.8. The lowest BCUT2D eigenvalue weighted by Gasteiger charge is -2.33. The lowest BCUT2D eigenvalue weighted by atomic mass is 9.90. The van der Waals surface area contributed by atoms with Crippen molar-refractivity contribution in [2.24, 2.45) is 0 Å². The lowest BCUT2D eigenvalue weighted by molar-refractivity contribution is 0.766. The van der Waals surface area contributed by atoms with E-state index < -0.39 is 0 Å². The molecule has 0 aliphatic heterocycles. The predicted octanol–water partition coefficient (Wildman–Crippen LogP) is 6.35. The van der Waals surface area contributed by atoms with Gasteiger partial charge in [0.15, 0.2) is 0 Å². The Morgan fingerprint density at radius 1 is 0.714 bits per heavy atom. The van der Waals surface area contributed by atoms with E-state index in [1.165, 1.54) is 22.3 Å². The molecular weight excluding hydrogens is 342 g/mol. The summed E-state index contributed by atoms with van der Waals surface area (Å²) in [4.78, 5) is 11.0. The third-order valence-electron chi connectivity index (χ3n) is 5.06. The molecule has 0 saturated heterocycles. The van der Waals surface area contributed by atoms with Gasteiger partial charge >= 0.3 is 0 Å². The van der Waals surface area contributed by atoms with Gasteiger partial charge < -0.3 is 4.90 Å². The first-order valence-corrected chi connectivity index (χ1v) is 9.50. The number of aromatic nitrogens is 2. The Bertz CT molecular complexity index is 992. The lowest BCUT2D eigenvalue weighted by Crippen LogP contribution is -2.23. The van der Waals surface area contributed by atoms with Crippen LogP contribution in [0.5, 0.6) is 0 Å². The van der Waals surface area contributed by atoms with E-state index in [4.69, 9.17) is 0 Å². The van der Waals surface area contributed by atoms with E-state index in [1.807, 2.05) is 24.5 Å². The molecule has 138 valence electrons. The van der Waals surface area contributed by atoms with Crippen molar-refractivity contribution in [1.29, 1.82) is 0 Å². The zero-order chi connectivity index (χ0) is 19.3. The van der Waals surface area contributed by atoms with Crippen LogP contribution in [0.15, 0.2) is 97.6 Å². The van der Waals surface area contributed by atoms with Crippen LogP contribution < -0.4 is 4.90 Å². The molecule has 0 saturated carbocycles. The molecule has 1 unspecified atom stereocenters. The quantitative estimate of drug-likeness (QED) is 0.412. The molecular formula is C25H23N3. The summed E-state index contributed by atoms with van der Waals surface area (Å²) in [5.41, 5.74) is 7.15. The topological polar surface area (TPSA) is 29.0 Å². The van der Waals surface area contributed by atoms with Crippen molar-refractivity contribution in [2.75, 3.05) is 4.90 Å². The fraction of sp³-hybridized carbons (Fsp3) is 0.120. The molecule has 0 N–H and O–H groups in total. The Morgan fingerprint density at radius 2 is 1.36 bits per heavy atom. The first kappa shape index (κ1) is 17.9. The van der Waals surface area contributed by atoms with Crippen molar-refractivity contribution < 1.29 is 0 Å². The number of hydrogen-bond acceptors (Lipinski definition) is 3. The third-order valence-corrected chi connectivity index (χ3v) is 5.06. The number of nitrogens with zero attached hydrogens (tertiary/aromatic N) is 3. The Hall–Kier alpha value is -3.46. The Labute approximate surface area is 166 Å². The second-order valence-electron chi connectivity index (χ2n) is 6.87. The van der Waals surface area contributed by atoms with Gasteiger partial charge in [-0.1, -0.05) is 48.5 Å². The highest BCUT2D eigenvalue weighted by molar-refractivity contribution is 5.72. The second-order valence-corrected chi connectivity index (χ2v) is 6.87. The zero-order valence-electron chi connectivity index (χ0n) is 16.2. The minimum Gasteiger partial charge on any atom is -0.332 e. The summed E-state index contributed by atoms with van der Waals surface area (Å²) in [6.45, 7) is 4.43. The van der Waals surface area contributed by atoms with Crippen molar-refractivity contribution >= 4 is 11.4 Å². The Kier molecular flexibility index (Phi) is 5.16. The summed E-state index contributed by atoms with van der Waals surface area (Å²) < 4.78 is 0. The molecule has 2 aromatic carbocycles. The third kappa shape index (κ3) is 3.52. The van der Waals surface area contributed by atoms with E-state index in [1.54, 1.807) is 12.4 Å². The molecule has 0 spiro atoms. The molecule has 28 heavy (non-hydrogen) atoms. The maximum Gasteiger partial charge on any atom is 0.0603 e. The number of anilines is 2. The fourth-order valence-electron chi connectivity index (χ4n) is 3.82. The average Bonchev–Trinajstić information content (AvgIpc) is 2.76. The first-order valence-electron chi connectivity index (χ1n) is 9.50. The maximum absolute atomic E-state index is 4.35. The van der Waals surface area contributed by atoms with Gasteiger partial charge in [0.1, 0.15) is 0 Å². The molecule has 0 aliphatic carbocycles. The number of benzene rings is 2. The Morgan fingerprint density at radius 3 is 1.93 bits per heavy atom. The van der Waals surface area contributed by atoms with Crippen molar-refractivity contribution in [3.8, 4) is 11.1 Å². The summed E-state index contributed by atoms with van der Waals surface area (Å²) in [6.07, 6.45) is 7.42. The van der Waals surface area contributed by atoms with Crippen molar-refractivity contribution in [1.82, 2.24) is 9.97 Å². The zero-order valence-corrected chi connectivity index (χ0v) is 16.2. The van der Waals surface area contributed by atoms with Gasteiger partial charge in [0.05, 0.1) is 29.8 Å². The molecule has 3 nitrogen and oxygen atoms in total. The molecule has 0 amide bonds. The van der Waals surface area contributed by atoms with Crippen LogP contribution in [0.4, 0.5) is 11.4 Å². The predicted molar refractivity (Wildman–Crippen MR) is 116 cm³/mol. The van der Waals surface area contributed by atoms with Crippen LogP contribution >= 0.6 is 0 Å². The summed E-state index contributed by atoms with van der Waals surface area (Å²) in [5, 5.41) is 0. The molecule has 2 heterocycles. The molecule has 0 bridgehead atoms. The van der Waals surface area contributed by atoms with Gasteiger partial charge in [-0.2, -0.15) is 0 Å². The molecule has 0 radical (unpaired) electrons. The van der Waals surface area contributed by atoms with Gasteiger partial charge in [-0.15, -0.1) is 0 Å². The summed E-state index contributed by atoms with van der Waals surface area (Å²) in [5.74, 6) is 0. The van der Waals surface area contributed by atoms with Crippen LogP contribution in [0.2, 0.25) is 0 Å². The van der Waals surface area contributed by atoms with Crippen LogP contribution in [-0.4, -0.2) is 9.97 Å². The molecule has 4 aromatic rings. The number of aryl methyl sites for hydroxylation is 1. The van der Waals surface area contributed by atoms with Gasteiger partial charge in [-0.05, 0) is 60.4 Å². The smallest absolute Gasteiger partial charge is 0.0603 e. The number of pyridine rings is 2. The van der Waals surface area contributed by atoms with E-state index in [9.17, 15) is 0 Å². The highest BCUT2D eigenvalue weighted by Gasteiger charge is 2.23. The number of hydrogen-bond donors (Lipinski definition) is 0. The summed E-state index contributed by atoms with van der Waals surface area (Å²) >= 11 is 0. The van der Waals surface area contributed by atoms with E-state index in [0.717, 1.165) is 11.4 Å². The largest absolute Gasteiger partial charge is 0.332 e. The van der Waals surface area contributed by atoms with Crippen LogP contribution in [0.3, 0.4) is 0 Å². The van der Waals surface area contributed by atoms with Crippen LogP contribution in [0.1, 0.15) is 24.1 Å². The van der Waals surface area contributed by atoms with Crippen molar-refractivity contribution in [2.45, 2.75) is 19.9 Å². The van der Waals surface area contributed by atoms with E-state index in [-0.39, 0.29) is 6.04 Å². The fourth-order valence-corrected chi connectivity index (χ4v) is 3.82. The number of rotatable bonds is 5.